The zero-order valence-corrected chi connectivity index (χ0v) is 17.8. The minimum Gasteiger partial charge on any atom is -0.497 e. The van der Waals surface area contributed by atoms with Crippen molar-refractivity contribution in [2.45, 2.75) is 6.61 Å². The Morgan fingerprint density at radius 3 is 2.42 bits per heavy atom. The number of ether oxygens (including phenoxy) is 2. The average Bonchev–Trinajstić information content (AvgIpc) is 3.36. The van der Waals surface area contributed by atoms with E-state index < -0.39 is 5.97 Å². The summed E-state index contributed by atoms with van der Waals surface area (Å²) in [5.74, 6) is 0.780. The fraction of sp³-hybridized carbons (Fsp3) is 0.0769. The molecule has 0 atom stereocenters. The Morgan fingerprint density at radius 2 is 1.64 bits per heavy atom. The molecule has 0 fully saturated rings. The summed E-state index contributed by atoms with van der Waals surface area (Å²) in [4.78, 5) is 17.7. The Bertz CT molecular complexity index is 1410. The quantitative estimate of drug-likeness (QED) is 0.332. The zero-order valence-electron chi connectivity index (χ0n) is 17.8. The van der Waals surface area contributed by atoms with Crippen LogP contribution in [-0.2, 0) is 11.3 Å². The van der Waals surface area contributed by atoms with Crippen LogP contribution in [0, 0.1) is 0 Å². The first kappa shape index (κ1) is 20.4. The van der Waals surface area contributed by atoms with Gasteiger partial charge in [0.1, 0.15) is 5.75 Å². The number of rotatable bonds is 6. The van der Waals surface area contributed by atoms with E-state index in [1.807, 2.05) is 66.7 Å². The number of benzene rings is 3. The number of methoxy groups -OCH3 is 1. The fourth-order valence-electron chi connectivity index (χ4n) is 3.47. The molecule has 2 aromatic heterocycles. The van der Waals surface area contributed by atoms with Crippen LogP contribution in [0.25, 0.3) is 33.6 Å². The molecular formula is C26H19N3O4. The first-order chi connectivity index (χ1) is 16.2. The first-order valence-corrected chi connectivity index (χ1v) is 10.3. The van der Waals surface area contributed by atoms with Gasteiger partial charge in [0, 0.05) is 16.5 Å². The molecule has 0 aliphatic rings. The summed E-state index contributed by atoms with van der Waals surface area (Å²) >= 11 is 0. The van der Waals surface area contributed by atoms with Gasteiger partial charge in [0.15, 0.2) is 6.61 Å². The number of esters is 1. The van der Waals surface area contributed by atoms with Gasteiger partial charge in [0.05, 0.1) is 23.9 Å². The Kier molecular flexibility index (Phi) is 5.51. The lowest BCUT2D eigenvalue weighted by Gasteiger charge is -2.09. The van der Waals surface area contributed by atoms with Crippen molar-refractivity contribution in [2.24, 2.45) is 0 Å². The summed E-state index contributed by atoms with van der Waals surface area (Å²) in [6, 6.07) is 26.2. The van der Waals surface area contributed by atoms with Crippen molar-refractivity contribution in [2.75, 3.05) is 7.11 Å². The molecule has 2 heterocycles. The topological polar surface area (TPSA) is 87.3 Å². The van der Waals surface area contributed by atoms with Gasteiger partial charge in [-0.25, -0.2) is 9.78 Å². The smallest absolute Gasteiger partial charge is 0.339 e. The Balaban J connectivity index is 1.38. The maximum atomic E-state index is 13.0. The third kappa shape index (κ3) is 4.29. The van der Waals surface area contributed by atoms with Crippen LogP contribution in [0.2, 0.25) is 0 Å². The van der Waals surface area contributed by atoms with Gasteiger partial charge in [0.2, 0.25) is 5.89 Å². The van der Waals surface area contributed by atoms with Crippen LogP contribution in [0.4, 0.5) is 0 Å². The highest BCUT2D eigenvalue weighted by Gasteiger charge is 2.17. The lowest BCUT2D eigenvalue weighted by molar-refractivity contribution is 0.0441. The molecule has 0 saturated carbocycles. The van der Waals surface area contributed by atoms with E-state index >= 15 is 0 Å². The predicted molar refractivity (Wildman–Crippen MR) is 123 cm³/mol. The molecule has 0 N–H and O–H groups in total. The largest absolute Gasteiger partial charge is 0.497 e. The number of para-hydroxylation sites is 1. The molecule has 0 aliphatic heterocycles. The molecule has 162 valence electrons. The van der Waals surface area contributed by atoms with Gasteiger partial charge in [-0.15, -0.1) is 10.2 Å². The monoisotopic (exact) mass is 437 g/mol. The number of aromatic nitrogens is 3. The highest BCUT2D eigenvalue weighted by atomic mass is 16.5. The fourth-order valence-corrected chi connectivity index (χ4v) is 3.47. The minimum absolute atomic E-state index is 0.140. The molecule has 5 aromatic rings. The molecular weight excluding hydrogens is 418 g/mol. The average molecular weight is 437 g/mol. The highest BCUT2D eigenvalue weighted by molar-refractivity contribution is 6.04. The molecule has 0 spiro atoms. The second-order valence-electron chi connectivity index (χ2n) is 7.24. The molecule has 33 heavy (non-hydrogen) atoms. The Hall–Kier alpha value is -4.52. The summed E-state index contributed by atoms with van der Waals surface area (Å²) in [5.41, 5.74) is 3.49. The Morgan fingerprint density at radius 1 is 0.879 bits per heavy atom. The van der Waals surface area contributed by atoms with Crippen LogP contribution in [0.3, 0.4) is 0 Å². The van der Waals surface area contributed by atoms with Crippen molar-refractivity contribution < 1.29 is 18.7 Å². The summed E-state index contributed by atoms with van der Waals surface area (Å²) < 4.78 is 16.3. The molecule has 0 saturated heterocycles. The predicted octanol–water partition coefficient (Wildman–Crippen LogP) is 5.32. The zero-order chi connectivity index (χ0) is 22.6. The van der Waals surface area contributed by atoms with Gasteiger partial charge in [0.25, 0.3) is 5.89 Å². The van der Waals surface area contributed by atoms with E-state index in [0.717, 1.165) is 16.9 Å². The highest BCUT2D eigenvalue weighted by Crippen LogP contribution is 2.26. The number of hydrogen-bond donors (Lipinski definition) is 0. The van der Waals surface area contributed by atoms with E-state index in [1.54, 1.807) is 25.3 Å². The molecule has 0 bridgehead atoms. The van der Waals surface area contributed by atoms with Crippen LogP contribution < -0.4 is 4.74 Å². The van der Waals surface area contributed by atoms with E-state index in [0.29, 0.717) is 28.1 Å². The minimum atomic E-state index is -0.491. The third-order valence-electron chi connectivity index (χ3n) is 5.14. The van der Waals surface area contributed by atoms with Crippen molar-refractivity contribution in [3.63, 3.8) is 0 Å². The summed E-state index contributed by atoms with van der Waals surface area (Å²) in [7, 11) is 1.60. The van der Waals surface area contributed by atoms with Crippen molar-refractivity contribution in [3.05, 3.63) is 96.4 Å². The van der Waals surface area contributed by atoms with E-state index in [4.69, 9.17) is 18.9 Å². The van der Waals surface area contributed by atoms with Crippen LogP contribution in [-0.4, -0.2) is 28.3 Å². The summed E-state index contributed by atoms with van der Waals surface area (Å²) in [6.07, 6.45) is 0. The summed E-state index contributed by atoms with van der Waals surface area (Å²) in [6.45, 7) is -0.140. The van der Waals surface area contributed by atoms with Crippen molar-refractivity contribution >= 4 is 16.9 Å². The van der Waals surface area contributed by atoms with E-state index in [-0.39, 0.29) is 12.5 Å². The lowest BCUT2D eigenvalue weighted by Crippen LogP contribution is -2.07. The van der Waals surface area contributed by atoms with Crippen LogP contribution in [0.15, 0.2) is 89.3 Å². The molecule has 3 aromatic carbocycles. The first-order valence-electron chi connectivity index (χ1n) is 10.3. The molecule has 0 aliphatic carbocycles. The maximum absolute atomic E-state index is 13.0. The normalized spacial score (nSPS) is 10.8. The van der Waals surface area contributed by atoms with Gasteiger partial charge >= 0.3 is 5.97 Å². The number of nitrogens with zero attached hydrogens (tertiary/aromatic N) is 3. The van der Waals surface area contributed by atoms with Crippen LogP contribution in [0.5, 0.6) is 5.75 Å². The molecule has 0 amide bonds. The van der Waals surface area contributed by atoms with Crippen LogP contribution in [0.1, 0.15) is 16.2 Å². The number of fused-ring (bicyclic) bond motifs is 1. The van der Waals surface area contributed by atoms with Crippen molar-refractivity contribution in [3.8, 4) is 28.5 Å². The number of carbonyl (C=O) groups excluding carboxylic acids is 1. The molecule has 7 nitrogen and oxygen atoms in total. The number of pyridine rings is 1. The van der Waals surface area contributed by atoms with Gasteiger partial charge < -0.3 is 13.9 Å². The van der Waals surface area contributed by atoms with Gasteiger partial charge in [-0.2, -0.15) is 0 Å². The van der Waals surface area contributed by atoms with E-state index in [2.05, 4.69) is 10.2 Å². The second-order valence-corrected chi connectivity index (χ2v) is 7.24. The Labute approximate surface area is 189 Å². The second kappa shape index (κ2) is 8.92. The van der Waals surface area contributed by atoms with Gasteiger partial charge in [-0.05, 0) is 36.4 Å². The summed E-state index contributed by atoms with van der Waals surface area (Å²) in [5, 5.41) is 8.74. The van der Waals surface area contributed by atoms with E-state index in [9.17, 15) is 4.79 Å². The van der Waals surface area contributed by atoms with Crippen LogP contribution >= 0.6 is 0 Å². The third-order valence-corrected chi connectivity index (χ3v) is 5.14. The van der Waals surface area contributed by atoms with Crippen molar-refractivity contribution in [1.29, 1.82) is 0 Å². The number of hydrogen-bond acceptors (Lipinski definition) is 7. The van der Waals surface area contributed by atoms with E-state index in [1.165, 1.54) is 0 Å². The maximum Gasteiger partial charge on any atom is 0.339 e. The molecule has 0 radical (unpaired) electrons. The van der Waals surface area contributed by atoms with Gasteiger partial charge in [-0.1, -0.05) is 48.5 Å². The molecule has 5 rings (SSSR count). The molecule has 7 heteroatoms. The lowest BCUT2D eigenvalue weighted by atomic mass is 10.0. The SMILES string of the molecule is COc1ccc(-c2nnc(COC(=O)c3cc(-c4ccccc4)nc4ccccc34)o2)cc1. The number of carbonyl (C=O) groups is 1. The standard InChI is InChI=1S/C26H19N3O4/c1-31-19-13-11-18(12-14-19)25-29-28-24(33-25)16-32-26(30)21-15-23(17-7-3-2-4-8-17)27-22-10-6-5-9-20(21)22/h2-15H,16H2,1H3. The molecule has 0 unspecified atom stereocenters. The van der Waals surface area contributed by atoms with Crippen molar-refractivity contribution in [1.82, 2.24) is 15.2 Å². The van der Waals surface area contributed by atoms with Gasteiger partial charge in [-0.3, -0.25) is 0 Å².